The second-order valence-electron chi connectivity index (χ2n) is 8.04. The van der Waals surface area contributed by atoms with E-state index < -0.39 is 0 Å². The van der Waals surface area contributed by atoms with Crippen molar-refractivity contribution >= 4 is 16.7 Å². The number of rotatable bonds is 7. The fourth-order valence-corrected chi connectivity index (χ4v) is 4.46. The van der Waals surface area contributed by atoms with E-state index >= 15 is 0 Å². The van der Waals surface area contributed by atoms with Crippen LogP contribution in [0, 0.1) is 0 Å². The summed E-state index contributed by atoms with van der Waals surface area (Å²) in [6.45, 7) is 9.73. The van der Waals surface area contributed by atoms with Crippen LogP contribution in [-0.4, -0.2) is 84.4 Å². The van der Waals surface area contributed by atoms with E-state index in [1.54, 1.807) is 0 Å². The molecule has 2 aliphatic rings. The third kappa shape index (κ3) is 4.78. The van der Waals surface area contributed by atoms with Gasteiger partial charge in [-0.1, -0.05) is 24.6 Å². The van der Waals surface area contributed by atoms with E-state index in [-0.39, 0.29) is 5.78 Å². The van der Waals surface area contributed by atoms with Crippen molar-refractivity contribution < 1.29 is 4.79 Å². The van der Waals surface area contributed by atoms with Gasteiger partial charge in [-0.05, 0) is 51.5 Å². The normalized spacial score (nSPS) is 20.3. The van der Waals surface area contributed by atoms with Gasteiger partial charge in [-0.3, -0.25) is 9.69 Å². The van der Waals surface area contributed by atoms with Crippen molar-refractivity contribution in [2.45, 2.75) is 25.7 Å². The van der Waals surface area contributed by atoms with Crippen LogP contribution in [-0.2, 0) is 0 Å². The molecule has 0 spiro atoms. The molecule has 5 nitrogen and oxygen atoms in total. The third-order valence-electron chi connectivity index (χ3n) is 6.12. The van der Waals surface area contributed by atoms with Crippen molar-refractivity contribution in [1.82, 2.24) is 19.7 Å². The highest BCUT2D eigenvalue weighted by Crippen LogP contribution is 2.18. The first-order valence-corrected chi connectivity index (χ1v) is 10.6. The number of hydrogen-bond donors (Lipinski definition) is 1. The lowest BCUT2D eigenvalue weighted by atomic mass is 10.1. The first kappa shape index (κ1) is 18.7. The number of nitrogens with zero attached hydrogens (tertiary/aromatic N) is 3. The molecule has 1 aromatic heterocycles. The summed E-state index contributed by atoms with van der Waals surface area (Å²) < 4.78 is 0. The van der Waals surface area contributed by atoms with Gasteiger partial charge in [-0.15, -0.1) is 0 Å². The molecule has 0 atom stereocenters. The van der Waals surface area contributed by atoms with Crippen LogP contribution in [0.2, 0.25) is 0 Å². The van der Waals surface area contributed by atoms with Gasteiger partial charge >= 0.3 is 0 Å². The molecule has 4 rings (SSSR count). The number of hydrogen-bond acceptors (Lipinski definition) is 4. The highest BCUT2D eigenvalue weighted by atomic mass is 16.1. The molecule has 2 aromatic rings. The van der Waals surface area contributed by atoms with Crippen LogP contribution in [0.25, 0.3) is 10.9 Å². The van der Waals surface area contributed by atoms with Crippen LogP contribution in [0.4, 0.5) is 0 Å². The minimum absolute atomic E-state index is 0.228. The maximum absolute atomic E-state index is 12.7. The summed E-state index contributed by atoms with van der Waals surface area (Å²) in [6, 6.07) is 8.04. The van der Waals surface area contributed by atoms with E-state index in [2.05, 4.69) is 19.7 Å². The van der Waals surface area contributed by atoms with Crippen LogP contribution < -0.4 is 0 Å². The lowest BCUT2D eigenvalue weighted by molar-refractivity contribution is 0.0846. The number of H-pyrrole nitrogens is 1. The Morgan fingerprint density at radius 2 is 1.52 bits per heavy atom. The maximum Gasteiger partial charge on any atom is 0.178 e. The summed E-state index contributed by atoms with van der Waals surface area (Å²) >= 11 is 0. The van der Waals surface area contributed by atoms with E-state index in [9.17, 15) is 4.79 Å². The summed E-state index contributed by atoms with van der Waals surface area (Å²) in [5.41, 5.74) is 1.87. The first-order chi connectivity index (χ1) is 13.3. The number of aromatic nitrogens is 1. The molecule has 0 bridgehead atoms. The SMILES string of the molecule is O=C(CN1CCN(CCCN2CCCCC2)CC1)c1c[nH]c2ccccc12. The lowest BCUT2D eigenvalue weighted by Gasteiger charge is -2.35. The quantitative estimate of drug-likeness (QED) is 0.763. The molecule has 1 aromatic carbocycles. The van der Waals surface area contributed by atoms with Gasteiger partial charge in [-0.2, -0.15) is 0 Å². The number of carbonyl (C=O) groups excluding carboxylic acids is 1. The van der Waals surface area contributed by atoms with Crippen LogP contribution in [0.5, 0.6) is 0 Å². The number of piperazine rings is 1. The predicted octanol–water partition coefficient (Wildman–Crippen LogP) is 2.84. The smallest absolute Gasteiger partial charge is 0.178 e. The zero-order valence-electron chi connectivity index (χ0n) is 16.3. The Kier molecular flexibility index (Phi) is 6.22. The fourth-order valence-electron chi connectivity index (χ4n) is 4.46. The highest BCUT2D eigenvalue weighted by Gasteiger charge is 2.21. The molecule has 146 valence electrons. The van der Waals surface area contributed by atoms with Gasteiger partial charge in [0.25, 0.3) is 0 Å². The number of aromatic amines is 1. The van der Waals surface area contributed by atoms with Gasteiger partial charge in [0.15, 0.2) is 5.78 Å². The van der Waals surface area contributed by atoms with Crippen molar-refractivity contribution in [2.75, 3.05) is 58.9 Å². The van der Waals surface area contributed by atoms with Crippen molar-refractivity contribution in [3.63, 3.8) is 0 Å². The monoisotopic (exact) mass is 368 g/mol. The second-order valence-corrected chi connectivity index (χ2v) is 8.04. The second kappa shape index (κ2) is 9.00. The molecule has 0 aliphatic carbocycles. The molecule has 0 unspecified atom stereocenters. The Labute approximate surface area is 162 Å². The van der Waals surface area contributed by atoms with E-state index in [0.29, 0.717) is 6.54 Å². The molecule has 0 amide bonds. The zero-order valence-corrected chi connectivity index (χ0v) is 16.3. The van der Waals surface area contributed by atoms with Gasteiger partial charge < -0.3 is 14.8 Å². The van der Waals surface area contributed by atoms with Crippen molar-refractivity contribution in [3.05, 3.63) is 36.0 Å². The largest absolute Gasteiger partial charge is 0.360 e. The Bertz CT molecular complexity index is 742. The van der Waals surface area contributed by atoms with Crippen LogP contribution >= 0.6 is 0 Å². The number of nitrogens with one attached hydrogen (secondary N) is 1. The van der Waals surface area contributed by atoms with E-state index in [1.807, 2.05) is 30.5 Å². The third-order valence-corrected chi connectivity index (χ3v) is 6.12. The van der Waals surface area contributed by atoms with Gasteiger partial charge in [0.1, 0.15) is 0 Å². The molecule has 1 N–H and O–H groups in total. The fraction of sp³-hybridized carbons (Fsp3) is 0.591. The number of ketones is 1. The van der Waals surface area contributed by atoms with Crippen LogP contribution in [0.1, 0.15) is 36.0 Å². The Morgan fingerprint density at radius 1 is 0.852 bits per heavy atom. The molecule has 0 radical (unpaired) electrons. The Balaban J connectivity index is 1.19. The van der Waals surface area contributed by atoms with E-state index in [1.165, 1.54) is 51.9 Å². The Morgan fingerprint density at radius 3 is 2.30 bits per heavy atom. The number of fused-ring (bicyclic) bond motifs is 1. The summed E-state index contributed by atoms with van der Waals surface area (Å²) in [5.74, 6) is 0.228. The first-order valence-electron chi connectivity index (χ1n) is 10.6. The molecule has 27 heavy (non-hydrogen) atoms. The summed E-state index contributed by atoms with van der Waals surface area (Å²) in [5, 5.41) is 1.04. The molecule has 2 saturated heterocycles. The molecule has 0 saturated carbocycles. The number of likely N-dealkylation sites (tertiary alicyclic amines) is 1. The van der Waals surface area contributed by atoms with Crippen molar-refractivity contribution in [3.8, 4) is 0 Å². The summed E-state index contributed by atoms with van der Waals surface area (Å²) in [7, 11) is 0. The standard InChI is InChI=1S/C22H32N4O/c27-22(20-17-23-21-8-3-2-7-19(20)21)18-26-15-13-25(14-16-26)12-6-11-24-9-4-1-5-10-24/h2-3,7-8,17,23H,1,4-6,9-16,18H2. The Hall–Kier alpha value is -1.69. The summed E-state index contributed by atoms with van der Waals surface area (Å²) in [6.07, 6.45) is 7.31. The molecule has 2 fully saturated rings. The molecule has 3 heterocycles. The summed E-state index contributed by atoms with van der Waals surface area (Å²) in [4.78, 5) is 23.4. The van der Waals surface area contributed by atoms with Crippen molar-refractivity contribution in [2.24, 2.45) is 0 Å². The highest BCUT2D eigenvalue weighted by molar-refractivity contribution is 6.08. The minimum Gasteiger partial charge on any atom is -0.360 e. The van der Waals surface area contributed by atoms with Crippen LogP contribution in [0.15, 0.2) is 30.5 Å². The van der Waals surface area contributed by atoms with Gasteiger partial charge in [0.2, 0.25) is 0 Å². The minimum atomic E-state index is 0.228. The van der Waals surface area contributed by atoms with E-state index in [0.717, 1.165) is 42.6 Å². The number of carbonyl (C=O) groups is 1. The van der Waals surface area contributed by atoms with Crippen LogP contribution in [0.3, 0.4) is 0 Å². The molecular weight excluding hydrogens is 336 g/mol. The number of piperidine rings is 1. The van der Waals surface area contributed by atoms with Gasteiger partial charge in [-0.25, -0.2) is 0 Å². The lowest BCUT2D eigenvalue weighted by Crippen LogP contribution is -2.48. The maximum atomic E-state index is 12.7. The average molecular weight is 369 g/mol. The van der Waals surface area contributed by atoms with Gasteiger partial charge in [0, 0.05) is 48.8 Å². The molecular formula is C22H32N4O. The van der Waals surface area contributed by atoms with Gasteiger partial charge in [0.05, 0.1) is 6.54 Å². The topological polar surface area (TPSA) is 42.6 Å². The van der Waals surface area contributed by atoms with Crippen molar-refractivity contribution in [1.29, 1.82) is 0 Å². The number of benzene rings is 1. The number of Topliss-reactive ketones (excluding diaryl/α,β-unsaturated/α-hetero) is 1. The van der Waals surface area contributed by atoms with E-state index in [4.69, 9.17) is 0 Å². The predicted molar refractivity (Wildman–Crippen MR) is 110 cm³/mol. The molecule has 2 aliphatic heterocycles. The molecule has 5 heteroatoms. The zero-order chi connectivity index (χ0) is 18.5. The average Bonchev–Trinajstić information content (AvgIpc) is 3.14. The number of para-hydroxylation sites is 1.